The monoisotopic (exact) mass is 356 g/mol. The molecule has 26 heavy (non-hydrogen) atoms. The smallest absolute Gasteiger partial charge is 0.252 e. The normalized spacial score (nSPS) is 16.3. The molecule has 0 saturated carbocycles. The number of hydrogen-bond donors (Lipinski definition) is 4. The van der Waals surface area contributed by atoms with Crippen molar-refractivity contribution in [2.45, 2.75) is 13.3 Å². The molecule has 140 valence electrons. The Kier molecular flexibility index (Phi) is 7.50. The summed E-state index contributed by atoms with van der Waals surface area (Å²) in [5, 5.41) is 17.8. The van der Waals surface area contributed by atoms with Gasteiger partial charge in [-0.1, -0.05) is 19.1 Å². The molecule has 0 aliphatic carbocycles. The number of carbonyl (C=O) groups excluding carboxylic acids is 1. The van der Waals surface area contributed by atoms with Crippen LogP contribution in [0.5, 0.6) is 0 Å². The minimum Gasteiger partial charge on any atom is -0.365 e. The topological polar surface area (TPSA) is 109 Å². The van der Waals surface area contributed by atoms with Crippen LogP contribution in [0.15, 0.2) is 35.9 Å². The molecule has 0 aromatic heterocycles. The van der Waals surface area contributed by atoms with Gasteiger partial charge in [-0.25, -0.2) is 0 Å². The molecule has 2 rings (SSSR count). The minimum atomic E-state index is -0.731. The maximum absolute atomic E-state index is 11.3. The van der Waals surface area contributed by atoms with Crippen molar-refractivity contribution >= 4 is 23.6 Å². The quantitative estimate of drug-likeness (QED) is 0.320. The molecule has 0 atom stereocenters. The lowest BCUT2D eigenvalue weighted by atomic mass is 10.1. The van der Waals surface area contributed by atoms with Gasteiger partial charge in [-0.15, -0.1) is 0 Å². The number of allylic oxidation sites excluding steroid dienone is 1. The summed E-state index contributed by atoms with van der Waals surface area (Å²) >= 11 is 0. The van der Waals surface area contributed by atoms with Crippen molar-refractivity contribution in [2.75, 3.05) is 44.6 Å². The van der Waals surface area contributed by atoms with Gasteiger partial charge in [0.25, 0.3) is 5.91 Å². The van der Waals surface area contributed by atoms with Crippen LogP contribution in [0.4, 0.5) is 5.69 Å². The van der Waals surface area contributed by atoms with Crippen molar-refractivity contribution in [3.05, 3.63) is 41.5 Å². The first-order valence-corrected chi connectivity index (χ1v) is 8.93. The molecule has 1 amide bonds. The van der Waals surface area contributed by atoms with E-state index in [1.165, 1.54) is 11.6 Å². The Morgan fingerprint density at radius 3 is 2.35 bits per heavy atom. The van der Waals surface area contributed by atoms with Gasteiger partial charge in [-0.05, 0) is 36.7 Å². The van der Waals surface area contributed by atoms with Crippen LogP contribution < -0.4 is 11.1 Å². The first kappa shape index (κ1) is 19.8. The van der Waals surface area contributed by atoms with Gasteiger partial charge in [-0.3, -0.25) is 10.2 Å². The van der Waals surface area contributed by atoms with Crippen LogP contribution in [0.3, 0.4) is 0 Å². The summed E-state index contributed by atoms with van der Waals surface area (Å²) in [6, 6.07) is 7.84. The van der Waals surface area contributed by atoms with Gasteiger partial charge in [0.1, 0.15) is 5.84 Å². The maximum Gasteiger partial charge on any atom is 0.252 e. The lowest BCUT2D eigenvalue weighted by molar-refractivity contribution is -0.114. The Morgan fingerprint density at radius 1 is 1.19 bits per heavy atom. The second-order valence-electron chi connectivity index (χ2n) is 6.33. The number of carbonyl (C=O) groups is 1. The Hall–Kier alpha value is -2.51. The zero-order chi connectivity index (χ0) is 18.9. The predicted octanol–water partition coefficient (Wildman–Crippen LogP) is 1.32. The zero-order valence-electron chi connectivity index (χ0n) is 15.3. The second kappa shape index (κ2) is 9.84. The third-order valence-corrected chi connectivity index (χ3v) is 4.64. The average Bonchev–Trinajstić information content (AvgIpc) is 2.65. The molecule has 1 aromatic carbocycles. The second-order valence-corrected chi connectivity index (χ2v) is 6.33. The van der Waals surface area contributed by atoms with Gasteiger partial charge in [0.2, 0.25) is 0 Å². The van der Waals surface area contributed by atoms with Gasteiger partial charge in [0, 0.05) is 44.6 Å². The summed E-state index contributed by atoms with van der Waals surface area (Å²) in [6.45, 7) is 8.93. The molecule has 5 N–H and O–H groups in total. The first-order chi connectivity index (χ1) is 12.5. The summed E-state index contributed by atoms with van der Waals surface area (Å²) in [5.74, 6) is -0.840. The molecule has 0 unspecified atom stereocenters. The number of amidine groups is 1. The Labute approximate surface area is 154 Å². The number of likely N-dealkylation sites (N-methyl/N-ethyl adjacent to an activating group) is 1. The fourth-order valence-corrected chi connectivity index (χ4v) is 2.95. The zero-order valence-corrected chi connectivity index (χ0v) is 15.3. The number of primary amides is 1. The number of anilines is 1. The molecule has 1 aliphatic heterocycles. The minimum absolute atomic E-state index is 0.0182. The van der Waals surface area contributed by atoms with Gasteiger partial charge >= 0.3 is 0 Å². The third kappa shape index (κ3) is 5.79. The molecule has 1 fully saturated rings. The number of amides is 1. The van der Waals surface area contributed by atoms with Crippen molar-refractivity contribution in [1.82, 2.24) is 9.80 Å². The van der Waals surface area contributed by atoms with E-state index >= 15 is 0 Å². The van der Waals surface area contributed by atoms with Gasteiger partial charge in [0.05, 0.1) is 5.57 Å². The molecule has 0 radical (unpaired) electrons. The standard InChI is InChI=1S/C19H28N6O/c1-2-24-11-13-25(14-12-24)10-8-15-3-5-16(6-4-15)23-18(21)17(7-9-20)19(22)26/h3-7,9,20H,2,8,10-14H2,1H3,(H2,21,23)(H2,22,26)/b17-7-,20-9?. The Balaban J connectivity index is 1.84. The number of piperazine rings is 1. The number of nitrogens with zero attached hydrogens (tertiary/aromatic N) is 2. The molecule has 1 saturated heterocycles. The molecular weight excluding hydrogens is 328 g/mol. The van der Waals surface area contributed by atoms with E-state index < -0.39 is 5.91 Å². The SMILES string of the molecule is CCN1CCN(CCc2ccc(NC(=N)/C(=C/C=N)C(N)=O)cc2)CC1. The highest BCUT2D eigenvalue weighted by Gasteiger charge is 2.15. The summed E-state index contributed by atoms with van der Waals surface area (Å²) in [4.78, 5) is 16.3. The van der Waals surface area contributed by atoms with Crippen LogP contribution in [-0.4, -0.2) is 67.0 Å². The highest BCUT2D eigenvalue weighted by molar-refractivity contribution is 6.24. The van der Waals surface area contributed by atoms with Crippen LogP contribution >= 0.6 is 0 Å². The van der Waals surface area contributed by atoms with E-state index in [-0.39, 0.29) is 11.4 Å². The van der Waals surface area contributed by atoms with Crippen molar-refractivity contribution < 1.29 is 4.79 Å². The average molecular weight is 356 g/mol. The molecule has 0 bridgehead atoms. The van der Waals surface area contributed by atoms with E-state index in [0.717, 1.165) is 51.9 Å². The van der Waals surface area contributed by atoms with E-state index in [1.807, 2.05) is 24.3 Å². The number of benzene rings is 1. The molecule has 7 nitrogen and oxygen atoms in total. The van der Waals surface area contributed by atoms with Gasteiger partial charge < -0.3 is 26.3 Å². The molecule has 1 aliphatic rings. The number of nitrogens with one attached hydrogen (secondary N) is 3. The number of nitrogens with two attached hydrogens (primary N) is 1. The first-order valence-electron chi connectivity index (χ1n) is 8.93. The van der Waals surface area contributed by atoms with Crippen LogP contribution in [0, 0.1) is 10.8 Å². The van der Waals surface area contributed by atoms with Crippen LogP contribution in [0.25, 0.3) is 0 Å². The maximum atomic E-state index is 11.3. The summed E-state index contributed by atoms with van der Waals surface area (Å²) in [5.41, 5.74) is 7.17. The summed E-state index contributed by atoms with van der Waals surface area (Å²) in [6.07, 6.45) is 3.15. The largest absolute Gasteiger partial charge is 0.365 e. The van der Waals surface area contributed by atoms with E-state index in [0.29, 0.717) is 5.69 Å². The highest BCUT2D eigenvalue weighted by Crippen LogP contribution is 2.12. The molecular formula is C19H28N6O. The van der Waals surface area contributed by atoms with Crippen molar-refractivity contribution in [2.24, 2.45) is 5.73 Å². The van der Waals surface area contributed by atoms with Gasteiger partial charge in [0.15, 0.2) is 0 Å². The molecule has 7 heteroatoms. The molecule has 1 heterocycles. The van der Waals surface area contributed by atoms with E-state index in [4.69, 9.17) is 16.6 Å². The molecule has 1 aromatic rings. The van der Waals surface area contributed by atoms with Crippen LogP contribution in [0.2, 0.25) is 0 Å². The Bertz CT molecular complexity index is 659. The third-order valence-electron chi connectivity index (χ3n) is 4.64. The lowest BCUT2D eigenvalue weighted by Gasteiger charge is -2.34. The Morgan fingerprint density at radius 2 is 1.81 bits per heavy atom. The summed E-state index contributed by atoms with van der Waals surface area (Å²) < 4.78 is 0. The fourth-order valence-electron chi connectivity index (χ4n) is 2.95. The van der Waals surface area contributed by atoms with Crippen LogP contribution in [-0.2, 0) is 11.2 Å². The van der Waals surface area contributed by atoms with E-state index in [1.54, 1.807) is 0 Å². The molecule has 0 spiro atoms. The van der Waals surface area contributed by atoms with E-state index in [9.17, 15) is 4.79 Å². The van der Waals surface area contributed by atoms with Gasteiger partial charge in [-0.2, -0.15) is 0 Å². The van der Waals surface area contributed by atoms with Crippen LogP contribution in [0.1, 0.15) is 12.5 Å². The highest BCUT2D eigenvalue weighted by atomic mass is 16.1. The van der Waals surface area contributed by atoms with Crippen molar-refractivity contribution in [3.8, 4) is 0 Å². The van der Waals surface area contributed by atoms with Crippen molar-refractivity contribution in [1.29, 1.82) is 10.8 Å². The van der Waals surface area contributed by atoms with E-state index in [2.05, 4.69) is 22.0 Å². The fraction of sp³-hybridized carbons (Fsp3) is 0.421. The summed E-state index contributed by atoms with van der Waals surface area (Å²) in [7, 11) is 0. The lowest BCUT2D eigenvalue weighted by Crippen LogP contribution is -2.46. The predicted molar refractivity (Wildman–Crippen MR) is 106 cm³/mol. The number of rotatable bonds is 8. The number of hydrogen-bond acceptors (Lipinski definition) is 5. The van der Waals surface area contributed by atoms with Crippen molar-refractivity contribution in [3.63, 3.8) is 0 Å².